The van der Waals surface area contributed by atoms with E-state index in [4.69, 9.17) is 16.7 Å². The van der Waals surface area contributed by atoms with Gasteiger partial charge in [-0.1, -0.05) is 17.7 Å². The summed E-state index contributed by atoms with van der Waals surface area (Å²) in [5.74, 6) is -3.27. The number of ketones is 1. The summed E-state index contributed by atoms with van der Waals surface area (Å²) in [5.41, 5.74) is 0.115. The van der Waals surface area contributed by atoms with Gasteiger partial charge in [-0.05, 0) is 18.6 Å². The van der Waals surface area contributed by atoms with Crippen molar-refractivity contribution in [3.05, 3.63) is 28.3 Å². The largest absolute Gasteiger partial charge is 0.506 e. The van der Waals surface area contributed by atoms with E-state index in [1.54, 1.807) is 0 Å². The van der Waals surface area contributed by atoms with Crippen LogP contribution in [0.4, 0.5) is 0 Å². The fourth-order valence-electron chi connectivity index (χ4n) is 1.06. The summed E-state index contributed by atoms with van der Waals surface area (Å²) in [6, 6.07) is 2.86. The highest BCUT2D eigenvalue weighted by atomic mass is 35.5. The Balaban J connectivity index is 3.40. The second-order valence-electron chi connectivity index (χ2n) is 2.72. The number of carboxylic acids is 1. The Hall–Kier alpha value is -1.55. The van der Waals surface area contributed by atoms with Gasteiger partial charge in [0.25, 0.3) is 5.78 Å². The van der Waals surface area contributed by atoms with Crippen LogP contribution in [0.1, 0.15) is 15.9 Å². The first-order valence-corrected chi connectivity index (χ1v) is 4.08. The van der Waals surface area contributed by atoms with Gasteiger partial charge >= 0.3 is 5.97 Å². The summed E-state index contributed by atoms with van der Waals surface area (Å²) < 4.78 is 0. The predicted molar refractivity (Wildman–Crippen MR) is 49.8 cm³/mol. The highest BCUT2D eigenvalue weighted by Crippen LogP contribution is 2.29. The summed E-state index contributed by atoms with van der Waals surface area (Å²) in [6.45, 7) is 1.52. The number of halogens is 1. The number of phenolic OH excluding ortho intramolecular Hbond substituents is 1. The molecular weight excluding hydrogens is 208 g/mol. The highest BCUT2D eigenvalue weighted by Gasteiger charge is 2.22. The van der Waals surface area contributed by atoms with Crippen LogP contribution in [0, 0.1) is 6.92 Å². The van der Waals surface area contributed by atoms with Crippen molar-refractivity contribution in [2.75, 3.05) is 0 Å². The molecule has 5 heteroatoms. The third-order valence-electron chi connectivity index (χ3n) is 1.76. The molecule has 0 unspecified atom stereocenters. The molecule has 0 atom stereocenters. The minimum atomic E-state index is -1.62. The lowest BCUT2D eigenvalue weighted by Crippen LogP contribution is -2.14. The van der Waals surface area contributed by atoms with Crippen LogP contribution < -0.4 is 0 Å². The molecule has 0 aliphatic heterocycles. The molecule has 0 fully saturated rings. The number of hydrogen-bond acceptors (Lipinski definition) is 3. The molecule has 0 bridgehead atoms. The number of aliphatic carboxylic acids is 1. The number of Topliss-reactive ketones (excluding diaryl/α,β-unsaturated/α-hetero) is 1. The van der Waals surface area contributed by atoms with E-state index in [-0.39, 0.29) is 10.6 Å². The number of carbonyl (C=O) groups excluding carboxylic acids is 1. The van der Waals surface area contributed by atoms with E-state index in [0.29, 0.717) is 5.56 Å². The molecule has 1 rings (SSSR count). The first-order chi connectivity index (χ1) is 6.45. The fourth-order valence-corrected chi connectivity index (χ4v) is 1.22. The number of rotatable bonds is 2. The van der Waals surface area contributed by atoms with Crippen molar-refractivity contribution >= 4 is 23.4 Å². The van der Waals surface area contributed by atoms with E-state index in [0.717, 1.165) is 0 Å². The molecule has 0 aliphatic rings. The molecule has 0 spiro atoms. The number of hydrogen-bond donors (Lipinski definition) is 2. The predicted octanol–water partition coefficient (Wildman–Crippen LogP) is 1.62. The van der Waals surface area contributed by atoms with E-state index in [9.17, 15) is 14.7 Å². The van der Waals surface area contributed by atoms with Crippen molar-refractivity contribution < 1.29 is 19.8 Å². The number of aromatic hydroxyl groups is 1. The molecule has 2 N–H and O–H groups in total. The third kappa shape index (κ3) is 1.70. The summed E-state index contributed by atoms with van der Waals surface area (Å²) in [5, 5.41) is 17.8. The molecule has 14 heavy (non-hydrogen) atoms. The van der Waals surface area contributed by atoms with E-state index >= 15 is 0 Å². The van der Waals surface area contributed by atoms with Crippen LogP contribution in [0.5, 0.6) is 5.75 Å². The Bertz CT molecular complexity index is 412. The van der Waals surface area contributed by atoms with Gasteiger partial charge in [0.2, 0.25) is 0 Å². The standard InChI is InChI=1S/C9H7ClO4/c1-4-2-3-5(10)7(11)6(4)8(12)9(13)14/h2-3,11H,1H3,(H,13,14). The average molecular weight is 215 g/mol. The monoisotopic (exact) mass is 214 g/mol. The zero-order valence-electron chi connectivity index (χ0n) is 7.24. The fraction of sp³-hybridized carbons (Fsp3) is 0.111. The first kappa shape index (κ1) is 10.5. The molecule has 0 aliphatic carbocycles. The maximum atomic E-state index is 11.1. The van der Waals surface area contributed by atoms with E-state index < -0.39 is 17.5 Å². The lowest BCUT2D eigenvalue weighted by atomic mass is 10.0. The summed E-state index contributed by atoms with van der Waals surface area (Å²) in [4.78, 5) is 21.5. The molecule has 1 aromatic carbocycles. The molecule has 4 nitrogen and oxygen atoms in total. The highest BCUT2D eigenvalue weighted by molar-refractivity contribution is 6.42. The lowest BCUT2D eigenvalue weighted by molar-refractivity contribution is -0.131. The van der Waals surface area contributed by atoms with Gasteiger partial charge < -0.3 is 10.2 Å². The normalized spacial score (nSPS) is 9.86. The molecular formula is C9H7ClO4. The van der Waals surface area contributed by atoms with Gasteiger partial charge in [-0.2, -0.15) is 0 Å². The Morgan fingerprint density at radius 2 is 1.93 bits per heavy atom. The molecule has 0 saturated heterocycles. The van der Waals surface area contributed by atoms with Crippen molar-refractivity contribution in [1.82, 2.24) is 0 Å². The van der Waals surface area contributed by atoms with Gasteiger partial charge in [0.15, 0.2) is 0 Å². The molecule has 0 amide bonds. The third-order valence-corrected chi connectivity index (χ3v) is 2.06. The Kier molecular flexibility index (Phi) is 2.76. The maximum Gasteiger partial charge on any atom is 0.377 e. The van der Waals surface area contributed by atoms with Crippen LogP contribution in [-0.4, -0.2) is 22.0 Å². The van der Waals surface area contributed by atoms with Gasteiger partial charge in [0.1, 0.15) is 5.75 Å². The van der Waals surface area contributed by atoms with E-state index in [1.165, 1.54) is 19.1 Å². The smallest absolute Gasteiger partial charge is 0.377 e. The zero-order chi connectivity index (χ0) is 10.9. The van der Waals surface area contributed by atoms with Crippen molar-refractivity contribution in [1.29, 1.82) is 0 Å². The van der Waals surface area contributed by atoms with Crippen LogP contribution >= 0.6 is 11.6 Å². The SMILES string of the molecule is Cc1ccc(Cl)c(O)c1C(=O)C(=O)O. The first-order valence-electron chi connectivity index (χ1n) is 3.71. The average Bonchev–Trinajstić information content (AvgIpc) is 2.12. The van der Waals surface area contributed by atoms with Gasteiger partial charge in [-0.25, -0.2) is 4.79 Å². The summed E-state index contributed by atoms with van der Waals surface area (Å²) >= 11 is 5.54. The van der Waals surface area contributed by atoms with Crippen molar-refractivity contribution in [2.45, 2.75) is 6.92 Å². The molecule has 0 heterocycles. The van der Waals surface area contributed by atoms with Gasteiger partial charge in [-0.3, -0.25) is 4.79 Å². The van der Waals surface area contributed by atoms with E-state index in [1.807, 2.05) is 0 Å². The topological polar surface area (TPSA) is 74.6 Å². The van der Waals surface area contributed by atoms with Gasteiger partial charge in [0.05, 0.1) is 10.6 Å². The van der Waals surface area contributed by atoms with Crippen LogP contribution in [0.3, 0.4) is 0 Å². The number of carbonyl (C=O) groups is 2. The number of phenols is 1. The van der Waals surface area contributed by atoms with Crippen LogP contribution in [0.2, 0.25) is 5.02 Å². The van der Waals surface area contributed by atoms with Crippen LogP contribution in [-0.2, 0) is 4.79 Å². The zero-order valence-corrected chi connectivity index (χ0v) is 8.00. The Labute approximate surface area is 84.7 Å². The van der Waals surface area contributed by atoms with Crippen molar-refractivity contribution in [3.63, 3.8) is 0 Å². The molecule has 0 radical (unpaired) electrons. The summed E-state index contributed by atoms with van der Waals surface area (Å²) in [7, 11) is 0. The minimum Gasteiger partial charge on any atom is -0.506 e. The van der Waals surface area contributed by atoms with Crippen molar-refractivity contribution in [3.8, 4) is 5.75 Å². The van der Waals surface area contributed by atoms with Crippen LogP contribution in [0.25, 0.3) is 0 Å². The van der Waals surface area contributed by atoms with Crippen LogP contribution in [0.15, 0.2) is 12.1 Å². The molecule has 0 aromatic heterocycles. The minimum absolute atomic E-state index is 0.0415. The van der Waals surface area contributed by atoms with Gasteiger partial charge in [0, 0.05) is 0 Å². The van der Waals surface area contributed by atoms with E-state index in [2.05, 4.69) is 0 Å². The number of benzene rings is 1. The molecule has 74 valence electrons. The van der Waals surface area contributed by atoms with Gasteiger partial charge in [-0.15, -0.1) is 0 Å². The quantitative estimate of drug-likeness (QED) is 0.580. The second kappa shape index (κ2) is 3.67. The lowest BCUT2D eigenvalue weighted by Gasteiger charge is -2.05. The molecule has 1 aromatic rings. The number of aryl methyl sites for hydroxylation is 1. The summed E-state index contributed by atoms with van der Waals surface area (Å²) in [6.07, 6.45) is 0. The van der Waals surface area contributed by atoms with Crippen molar-refractivity contribution in [2.24, 2.45) is 0 Å². The Morgan fingerprint density at radius 3 is 2.43 bits per heavy atom. The second-order valence-corrected chi connectivity index (χ2v) is 3.13. The Morgan fingerprint density at radius 1 is 1.36 bits per heavy atom. The molecule has 0 saturated carbocycles. The number of carboxylic acid groups (broad SMARTS) is 1. The maximum absolute atomic E-state index is 11.1.